The number of esters is 1. The van der Waals surface area contributed by atoms with Gasteiger partial charge in [-0.25, -0.2) is 4.68 Å². The molecule has 1 aliphatic rings. The molecule has 4 rings (SSSR count). The lowest BCUT2D eigenvalue weighted by Gasteiger charge is -2.10. The SMILES string of the molecule is Cc1cc(C)n(-c2ccc(COC(=O)[C@@H]3COc4ccccc43)cc2)n1. The second-order valence-electron chi connectivity index (χ2n) is 6.51. The monoisotopic (exact) mass is 348 g/mol. The fraction of sp³-hybridized carbons (Fsp3) is 0.238. The quantitative estimate of drug-likeness (QED) is 0.675. The summed E-state index contributed by atoms with van der Waals surface area (Å²) in [6, 6.07) is 17.5. The van der Waals surface area contributed by atoms with Crippen LogP contribution in [-0.2, 0) is 16.1 Å². The number of fused-ring (bicyclic) bond motifs is 1. The Morgan fingerprint density at radius 3 is 2.69 bits per heavy atom. The molecule has 0 unspecified atom stereocenters. The van der Waals surface area contributed by atoms with Crippen molar-refractivity contribution in [3.63, 3.8) is 0 Å². The maximum absolute atomic E-state index is 12.4. The van der Waals surface area contributed by atoms with Crippen LogP contribution in [0.4, 0.5) is 0 Å². The van der Waals surface area contributed by atoms with E-state index in [1.165, 1.54) is 0 Å². The number of aryl methyl sites for hydroxylation is 2. The van der Waals surface area contributed by atoms with Crippen molar-refractivity contribution in [3.8, 4) is 11.4 Å². The number of para-hydroxylation sites is 1. The topological polar surface area (TPSA) is 53.4 Å². The maximum Gasteiger partial charge on any atom is 0.317 e. The molecule has 0 saturated heterocycles. The summed E-state index contributed by atoms with van der Waals surface area (Å²) < 4.78 is 13.0. The average Bonchev–Trinajstić information content (AvgIpc) is 3.23. The zero-order chi connectivity index (χ0) is 18.1. The van der Waals surface area contributed by atoms with Crippen molar-refractivity contribution < 1.29 is 14.3 Å². The van der Waals surface area contributed by atoms with Crippen LogP contribution in [0.1, 0.15) is 28.4 Å². The van der Waals surface area contributed by atoms with E-state index >= 15 is 0 Å². The number of ether oxygens (including phenoxy) is 2. The van der Waals surface area contributed by atoms with Crippen molar-refractivity contribution >= 4 is 5.97 Å². The lowest BCUT2D eigenvalue weighted by atomic mass is 10.0. The lowest BCUT2D eigenvalue weighted by Crippen LogP contribution is -2.17. The smallest absolute Gasteiger partial charge is 0.317 e. The minimum atomic E-state index is -0.347. The molecule has 0 radical (unpaired) electrons. The number of carbonyl (C=O) groups excluding carboxylic acids is 1. The first-order valence-corrected chi connectivity index (χ1v) is 8.63. The van der Waals surface area contributed by atoms with E-state index in [1.807, 2.05) is 73.1 Å². The van der Waals surface area contributed by atoms with Gasteiger partial charge in [-0.3, -0.25) is 4.79 Å². The van der Waals surface area contributed by atoms with Gasteiger partial charge in [0.1, 0.15) is 24.9 Å². The third-order valence-electron chi connectivity index (χ3n) is 4.56. The Morgan fingerprint density at radius 2 is 1.96 bits per heavy atom. The molecule has 0 saturated carbocycles. The second kappa shape index (κ2) is 6.67. The molecule has 2 aromatic carbocycles. The Bertz CT molecular complexity index is 944. The van der Waals surface area contributed by atoms with Crippen LogP contribution < -0.4 is 4.74 Å². The summed E-state index contributed by atoms with van der Waals surface area (Å²) in [4.78, 5) is 12.4. The highest BCUT2D eigenvalue weighted by Crippen LogP contribution is 2.34. The van der Waals surface area contributed by atoms with E-state index in [0.717, 1.165) is 34.0 Å². The zero-order valence-electron chi connectivity index (χ0n) is 14.8. The molecular formula is C21H20N2O3. The van der Waals surface area contributed by atoms with Crippen LogP contribution in [0.3, 0.4) is 0 Å². The van der Waals surface area contributed by atoms with Gasteiger partial charge in [-0.05, 0) is 43.7 Å². The highest BCUT2D eigenvalue weighted by molar-refractivity contribution is 5.80. The molecule has 0 fully saturated rings. The Morgan fingerprint density at radius 1 is 1.19 bits per heavy atom. The summed E-state index contributed by atoms with van der Waals surface area (Å²) in [7, 11) is 0. The van der Waals surface area contributed by atoms with Crippen LogP contribution in [0.2, 0.25) is 0 Å². The van der Waals surface area contributed by atoms with Crippen LogP contribution in [0, 0.1) is 13.8 Å². The van der Waals surface area contributed by atoms with Gasteiger partial charge in [0.25, 0.3) is 0 Å². The fourth-order valence-electron chi connectivity index (χ4n) is 3.24. The lowest BCUT2D eigenvalue weighted by molar-refractivity contribution is -0.147. The predicted octanol–water partition coefficient (Wildman–Crippen LogP) is 3.71. The Kier molecular flexibility index (Phi) is 4.21. The summed E-state index contributed by atoms with van der Waals surface area (Å²) in [5.74, 6) is 0.168. The van der Waals surface area contributed by atoms with Crippen LogP contribution in [-0.4, -0.2) is 22.4 Å². The highest BCUT2D eigenvalue weighted by atomic mass is 16.5. The average molecular weight is 348 g/mol. The fourth-order valence-corrected chi connectivity index (χ4v) is 3.24. The van der Waals surface area contributed by atoms with Crippen molar-refractivity contribution in [3.05, 3.63) is 77.1 Å². The number of nitrogens with zero attached hydrogens (tertiary/aromatic N) is 2. The van der Waals surface area contributed by atoms with Gasteiger partial charge < -0.3 is 9.47 Å². The number of rotatable bonds is 4. The molecular weight excluding hydrogens is 328 g/mol. The van der Waals surface area contributed by atoms with Gasteiger partial charge in [0.2, 0.25) is 0 Å². The number of aromatic nitrogens is 2. The summed E-state index contributed by atoms with van der Waals surface area (Å²) >= 11 is 0. The Hall–Kier alpha value is -3.08. The molecule has 0 amide bonds. The molecule has 132 valence electrons. The first-order valence-electron chi connectivity index (χ1n) is 8.63. The highest BCUT2D eigenvalue weighted by Gasteiger charge is 2.31. The minimum absolute atomic E-state index is 0.245. The van der Waals surface area contributed by atoms with Gasteiger partial charge >= 0.3 is 5.97 Å². The van der Waals surface area contributed by atoms with Crippen molar-refractivity contribution in [2.75, 3.05) is 6.61 Å². The number of hydrogen-bond acceptors (Lipinski definition) is 4. The van der Waals surface area contributed by atoms with Crippen molar-refractivity contribution in [1.29, 1.82) is 0 Å². The van der Waals surface area contributed by atoms with E-state index in [0.29, 0.717) is 6.61 Å². The third kappa shape index (κ3) is 3.08. The van der Waals surface area contributed by atoms with Gasteiger partial charge in [0, 0.05) is 11.3 Å². The van der Waals surface area contributed by atoms with Crippen molar-refractivity contribution in [1.82, 2.24) is 9.78 Å². The molecule has 0 aliphatic carbocycles. The third-order valence-corrected chi connectivity index (χ3v) is 4.56. The molecule has 5 heteroatoms. The van der Waals surface area contributed by atoms with E-state index in [-0.39, 0.29) is 18.5 Å². The summed E-state index contributed by atoms with van der Waals surface area (Å²) in [6.07, 6.45) is 0. The zero-order valence-corrected chi connectivity index (χ0v) is 14.8. The summed E-state index contributed by atoms with van der Waals surface area (Å²) in [5.41, 5.74) is 4.90. The molecule has 5 nitrogen and oxygen atoms in total. The van der Waals surface area contributed by atoms with Crippen molar-refractivity contribution in [2.45, 2.75) is 26.4 Å². The standard InChI is InChI=1S/C21H20N2O3/c1-14-11-15(2)23(22-14)17-9-7-16(8-10-17)12-26-21(24)19-13-25-20-6-4-3-5-18(19)20/h3-11,19H,12-13H2,1-2H3/t19-/m1/s1. The predicted molar refractivity (Wildman–Crippen MR) is 97.5 cm³/mol. The minimum Gasteiger partial charge on any atom is -0.492 e. The molecule has 0 N–H and O–H groups in total. The van der Waals surface area contributed by atoms with Crippen LogP contribution in [0.25, 0.3) is 5.69 Å². The molecule has 1 atom stereocenters. The first kappa shape index (κ1) is 16.4. The number of carbonyl (C=O) groups is 1. The van der Waals surface area contributed by atoms with E-state index in [2.05, 4.69) is 5.10 Å². The molecule has 0 bridgehead atoms. The molecule has 1 aromatic heterocycles. The second-order valence-corrected chi connectivity index (χ2v) is 6.51. The van der Waals surface area contributed by atoms with Gasteiger partial charge in [0.05, 0.1) is 11.4 Å². The van der Waals surface area contributed by atoms with Crippen LogP contribution in [0.15, 0.2) is 54.6 Å². The van der Waals surface area contributed by atoms with Crippen LogP contribution in [0.5, 0.6) is 5.75 Å². The Labute approximate surface area is 152 Å². The molecule has 26 heavy (non-hydrogen) atoms. The summed E-state index contributed by atoms with van der Waals surface area (Å²) in [5, 5.41) is 4.48. The number of hydrogen-bond donors (Lipinski definition) is 0. The van der Waals surface area contributed by atoms with Crippen molar-refractivity contribution in [2.24, 2.45) is 0 Å². The van der Waals surface area contributed by atoms with Gasteiger partial charge in [-0.2, -0.15) is 5.10 Å². The van der Waals surface area contributed by atoms with E-state index in [9.17, 15) is 4.79 Å². The van der Waals surface area contributed by atoms with E-state index < -0.39 is 0 Å². The normalized spacial score (nSPS) is 15.4. The summed E-state index contributed by atoms with van der Waals surface area (Å²) in [6.45, 7) is 4.59. The van der Waals surface area contributed by atoms with Gasteiger partial charge in [-0.15, -0.1) is 0 Å². The number of benzene rings is 2. The maximum atomic E-state index is 12.4. The van der Waals surface area contributed by atoms with Crippen LogP contribution >= 0.6 is 0 Å². The molecule has 3 aromatic rings. The van der Waals surface area contributed by atoms with Gasteiger partial charge in [0.15, 0.2) is 0 Å². The van der Waals surface area contributed by atoms with Gasteiger partial charge in [-0.1, -0.05) is 30.3 Å². The first-order chi connectivity index (χ1) is 12.6. The molecule has 1 aliphatic heterocycles. The molecule has 0 spiro atoms. The Balaban J connectivity index is 1.41. The molecule has 2 heterocycles. The van der Waals surface area contributed by atoms with E-state index in [1.54, 1.807) is 0 Å². The van der Waals surface area contributed by atoms with E-state index in [4.69, 9.17) is 9.47 Å². The largest absolute Gasteiger partial charge is 0.492 e.